The van der Waals surface area contributed by atoms with Crippen LogP contribution < -0.4 is 11.2 Å². The van der Waals surface area contributed by atoms with Gasteiger partial charge < -0.3 is 23.7 Å². The fourth-order valence-electron chi connectivity index (χ4n) is 5.92. The molecule has 0 spiro atoms. The largest absolute Gasteiger partial charge is 0.408 e. The molecule has 3 atom stereocenters. The molecule has 1 aliphatic heterocycles. The highest BCUT2D eigenvalue weighted by molar-refractivity contribution is 6.74. The standard InChI is InChI=1S/C34H46N2O7Si/c1-25-19-36(30(38)35-28(25)37)22-32(39)23-42-34(24-40-20-26-13-9-7-10-14-26,29(32)41-21-27-15-11-8-12-16-27)33(17-18-33)43-44(5,6)31(2,3)4/h7-16,19,29,39H,17-18,20-24H2,1-6H3,(H,35,37,38)/t29-,32?,34-/m1/s1. The number of aryl methyl sites for hydroxylation is 1. The lowest BCUT2D eigenvalue weighted by atomic mass is 9.81. The lowest BCUT2D eigenvalue weighted by Gasteiger charge is -2.48. The molecule has 2 fully saturated rings. The summed E-state index contributed by atoms with van der Waals surface area (Å²) in [6.45, 7) is 13.1. The molecule has 10 heteroatoms. The lowest BCUT2D eigenvalue weighted by Crippen LogP contribution is -2.65. The highest BCUT2D eigenvalue weighted by Crippen LogP contribution is 2.59. The molecule has 1 saturated carbocycles. The van der Waals surface area contributed by atoms with E-state index in [1.54, 1.807) is 6.92 Å². The van der Waals surface area contributed by atoms with Crippen molar-refractivity contribution in [1.82, 2.24) is 9.55 Å². The van der Waals surface area contributed by atoms with E-state index in [2.05, 4.69) is 38.8 Å². The Hall–Kier alpha value is -2.86. The number of aliphatic hydroxyl groups is 1. The smallest absolute Gasteiger partial charge is 0.328 e. The first-order valence-corrected chi connectivity index (χ1v) is 18.3. The number of rotatable bonds is 12. The monoisotopic (exact) mass is 622 g/mol. The third-order valence-corrected chi connectivity index (χ3v) is 14.1. The fraction of sp³-hybridized carbons (Fsp3) is 0.529. The SMILES string of the molecule is Cc1cn(CC2(O)CO[C@@](COCc3ccccc3)(C3(O[Si](C)(C)C(C)(C)C)CC3)[C@@H]2OCc2ccccc2)c(=O)[nH]c1=O. The highest BCUT2D eigenvalue weighted by atomic mass is 28.4. The number of hydrogen-bond acceptors (Lipinski definition) is 7. The average molecular weight is 623 g/mol. The van der Waals surface area contributed by atoms with E-state index in [0.29, 0.717) is 12.2 Å². The average Bonchev–Trinajstić information content (AvgIpc) is 3.69. The summed E-state index contributed by atoms with van der Waals surface area (Å²) in [6, 6.07) is 19.7. The van der Waals surface area contributed by atoms with Crippen LogP contribution in [0.4, 0.5) is 0 Å². The number of nitrogens with one attached hydrogen (secondary N) is 1. The second-order valence-corrected chi connectivity index (χ2v) is 18.7. The van der Waals surface area contributed by atoms with Gasteiger partial charge in [-0.15, -0.1) is 0 Å². The first kappa shape index (κ1) is 32.5. The molecule has 1 aliphatic carbocycles. The number of aromatic amines is 1. The van der Waals surface area contributed by atoms with Gasteiger partial charge >= 0.3 is 5.69 Å². The summed E-state index contributed by atoms with van der Waals surface area (Å²) < 4.78 is 28.4. The molecule has 2 aromatic carbocycles. The van der Waals surface area contributed by atoms with Crippen LogP contribution in [0.3, 0.4) is 0 Å². The van der Waals surface area contributed by atoms with Crippen LogP contribution in [0.2, 0.25) is 18.1 Å². The van der Waals surface area contributed by atoms with Crippen molar-refractivity contribution >= 4 is 8.32 Å². The molecule has 1 aromatic heterocycles. The molecule has 1 unspecified atom stereocenters. The fourth-order valence-corrected chi connectivity index (χ4v) is 7.58. The minimum absolute atomic E-state index is 0.0648. The zero-order chi connectivity index (χ0) is 31.8. The van der Waals surface area contributed by atoms with E-state index in [9.17, 15) is 14.7 Å². The third-order valence-electron chi connectivity index (χ3n) is 9.54. The van der Waals surface area contributed by atoms with Gasteiger partial charge in [-0.25, -0.2) is 4.79 Å². The Morgan fingerprint density at radius 1 is 1.00 bits per heavy atom. The van der Waals surface area contributed by atoms with Crippen LogP contribution in [0.25, 0.3) is 0 Å². The van der Waals surface area contributed by atoms with Crippen molar-refractivity contribution in [2.75, 3.05) is 13.2 Å². The molecular formula is C34H46N2O7Si. The predicted octanol–water partition coefficient (Wildman–Crippen LogP) is 4.70. The van der Waals surface area contributed by atoms with Crippen LogP contribution in [0.5, 0.6) is 0 Å². The molecule has 2 heterocycles. The molecule has 5 rings (SSSR count). The molecule has 3 aromatic rings. The van der Waals surface area contributed by atoms with Crippen molar-refractivity contribution in [3.8, 4) is 0 Å². The van der Waals surface area contributed by atoms with Gasteiger partial charge in [0, 0.05) is 11.8 Å². The summed E-state index contributed by atoms with van der Waals surface area (Å²) in [5, 5.41) is 12.4. The maximum absolute atomic E-state index is 12.9. The quantitative estimate of drug-likeness (QED) is 0.282. The summed E-state index contributed by atoms with van der Waals surface area (Å²) in [5.41, 5.74) is -2.28. The molecule has 0 bridgehead atoms. The number of benzene rings is 2. The van der Waals surface area contributed by atoms with E-state index >= 15 is 0 Å². The minimum Gasteiger partial charge on any atom is -0.408 e. The Labute approximate surface area is 260 Å². The maximum atomic E-state index is 12.9. The first-order valence-electron chi connectivity index (χ1n) is 15.3. The second-order valence-electron chi connectivity index (χ2n) is 14.0. The van der Waals surface area contributed by atoms with Crippen molar-refractivity contribution in [3.05, 3.63) is 104 Å². The van der Waals surface area contributed by atoms with Crippen LogP contribution in [0, 0.1) is 6.92 Å². The van der Waals surface area contributed by atoms with E-state index in [0.717, 1.165) is 24.0 Å². The van der Waals surface area contributed by atoms with Crippen LogP contribution >= 0.6 is 0 Å². The Bertz CT molecular complexity index is 1550. The third kappa shape index (κ3) is 6.42. The molecular weight excluding hydrogens is 576 g/mol. The van der Waals surface area contributed by atoms with Gasteiger partial charge in [0.2, 0.25) is 0 Å². The van der Waals surface area contributed by atoms with Gasteiger partial charge in [-0.2, -0.15) is 0 Å². The van der Waals surface area contributed by atoms with Crippen molar-refractivity contribution < 1.29 is 23.7 Å². The normalized spacial score (nSPS) is 24.8. The van der Waals surface area contributed by atoms with Crippen molar-refractivity contribution in [3.63, 3.8) is 0 Å². The number of H-pyrrole nitrogens is 1. The topological polar surface area (TPSA) is 112 Å². The Kier molecular flexibility index (Phi) is 8.98. The van der Waals surface area contributed by atoms with Crippen LogP contribution in [0.15, 0.2) is 76.4 Å². The number of aromatic nitrogens is 2. The number of nitrogens with zero attached hydrogens (tertiary/aromatic N) is 1. The van der Waals surface area contributed by atoms with Crippen molar-refractivity contribution in [1.29, 1.82) is 0 Å². The number of ether oxygens (including phenoxy) is 3. The zero-order valence-corrected chi connectivity index (χ0v) is 27.7. The summed E-state index contributed by atoms with van der Waals surface area (Å²) in [5.74, 6) is 0. The molecule has 0 radical (unpaired) electrons. The summed E-state index contributed by atoms with van der Waals surface area (Å²) >= 11 is 0. The first-order chi connectivity index (χ1) is 20.7. The summed E-state index contributed by atoms with van der Waals surface area (Å²) in [7, 11) is -2.32. The zero-order valence-electron chi connectivity index (χ0n) is 26.7. The molecule has 44 heavy (non-hydrogen) atoms. The van der Waals surface area contributed by atoms with Crippen LogP contribution in [0.1, 0.15) is 50.3 Å². The van der Waals surface area contributed by atoms with Crippen molar-refractivity contribution in [2.24, 2.45) is 0 Å². The van der Waals surface area contributed by atoms with Gasteiger partial charge in [0.1, 0.15) is 17.3 Å². The van der Waals surface area contributed by atoms with E-state index in [-0.39, 0.29) is 31.4 Å². The Morgan fingerprint density at radius 2 is 1.59 bits per heavy atom. The van der Waals surface area contributed by atoms with Crippen LogP contribution in [-0.2, 0) is 38.4 Å². The van der Waals surface area contributed by atoms with E-state index in [1.165, 1.54) is 10.8 Å². The maximum Gasteiger partial charge on any atom is 0.328 e. The Balaban J connectivity index is 1.57. The predicted molar refractivity (Wildman–Crippen MR) is 171 cm³/mol. The van der Waals surface area contributed by atoms with Gasteiger partial charge in [-0.1, -0.05) is 81.4 Å². The second kappa shape index (κ2) is 12.1. The minimum atomic E-state index is -2.32. The van der Waals surface area contributed by atoms with E-state index in [4.69, 9.17) is 18.6 Å². The van der Waals surface area contributed by atoms with Gasteiger partial charge in [0.05, 0.1) is 38.6 Å². The Morgan fingerprint density at radius 3 is 2.16 bits per heavy atom. The molecule has 2 N–H and O–H groups in total. The lowest BCUT2D eigenvalue weighted by molar-refractivity contribution is -0.202. The molecule has 1 saturated heterocycles. The highest BCUT2D eigenvalue weighted by Gasteiger charge is 2.74. The van der Waals surface area contributed by atoms with Gasteiger partial charge in [-0.3, -0.25) is 14.3 Å². The van der Waals surface area contributed by atoms with E-state index in [1.807, 2.05) is 60.7 Å². The number of hydrogen-bond donors (Lipinski definition) is 2. The molecule has 2 aliphatic rings. The van der Waals surface area contributed by atoms with Gasteiger partial charge in [0.25, 0.3) is 5.56 Å². The van der Waals surface area contributed by atoms with Gasteiger partial charge in [0.15, 0.2) is 8.32 Å². The van der Waals surface area contributed by atoms with E-state index < -0.39 is 42.5 Å². The summed E-state index contributed by atoms with van der Waals surface area (Å²) in [6.07, 6.45) is 2.01. The molecule has 9 nitrogen and oxygen atoms in total. The molecule has 238 valence electrons. The van der Waals surface area contributed by atoms with Gasteiger partial charge in [-0.05, 0) is 49.0 Å². The summed E-state index contributed by atoms with van der Waals surface area (Å²) in [4.78, 5) is 27.3. The van der Waals surface area contributed by atoms with Crippen molar-refractivity contribution in [2.45, 2.75) is 101 Å². The molecule has 0 amide bonds. The van der Waals surface area contributed by atoms with Crippen LogP contribution in [-0.4, -0.2) is 59.1 Å².